The number of hydrogen-bond donors (Lipinski definition) is 2. The highest BCUT2D eigenvalue weighted by atomic mass is 16.3. The van der Waals surface area contributed by atoms with E-state index in [4.69, 9.17) is 0 Å². The molecule has 1 aromatic rings. The minimum atomic E-state index is -0.379. The van der Waals surface area contributed by atoms with Gasteiger partial charge in [0.05, 0.1) is 22.8 Å². The summed E-state index contributed by atoms with van der Waals surface area (Å²) in [4.78, 5) is 29.5. The van der Waals surface area contributed by atoms with Crippen LogP contribution in [0.3, 0.4) is 0 Å². The lowest BCUT2D eigenvalue weighted by Crippen LogP contribution is -2.50. The Balaban J connectivity index is 1.50. The first-order valence-corrected chi connectivity index (χ1v) is 11.5. The van der Waals surface area contributed by atoms with Crippen LogP contribution >= 0.6 is 0 Å². The molecule has 1 atom stereocenters. The van der Waals surface area contributed by atoms with Crippen molar-refractivity contribution in [2.45, 2.75) is 70.4 Å². The molecule has 7 heteroatoms. The number of nitriles is 1. The van der Waals surface area contributed by atoms with E-state index in [1.807, 2.05) is 12.1 Å². The largest absolute Gasteiger partial charge is 0.393 e. The maximum atomic E-state index is 13.5. The van der Waals surface area contributed by atoms with Gasteiger partial charge in [0.2, 0.25) is 11.8 Å². The zero-order chi connectivity index (χ0) is 22.0. The summed E-state index contributed by atoms with van der Waals surface area (Å²) in [6, 6.07) is 7.97. The fraction of sp³-hybridized carbons (Fsp3) is 0.625. The van der Waals surface area contributed by atoms with E-state index in [1.165, 1.54) is 0 Å². The highest BCUT2D eigenvalue weighted by Crippen LogP contribution is 2.44. The van der Waals surface area contributed by atoms with E-state index in [1.54, 1.807) is 13.0 Å². The van der Waals surface area contributed by atoms with Crippen LogP contribution < -0.4 is 10.2 Å². The predicted molar refractivity (Wildman–Crippen MR) is 119 cm³/mol. The number of rotatable bonds is 4. The maximum Gasteiger partial charge on any atom is 0.230 e. The van der Waals surface area contributed by atoms with Crippen LogP contribution in [0.1, 0.15) is 63.9 Å². The van der Waals surface area contributed by atoms with Gasteiger partial charge in [0, 0.05) is 37.8 Å². The van der Waals surface area contributed by atoms with Gasteiger partial charge >= 0.3 is 0 Å². The number of aliphatic hydroxyl groups is 1. The summed E-state index contributed by atoms with van der Waals surface area (Å²) in [7, 11) is 0. The third-order valence-corrected chi connectivity index (χ3v) is 7.29. The second kappa shape index (κ2) is 8.88. The van der Waals surface area contributed by atoms with Crippen molar-refractivity contribution in [3.05, 3.63) is 23.8 Å². The number of piperidine rings is 1. The number of nitrogens with zero attached hydrogens (tertiary/aromatic N) is 3. The molecule has 3 aliphatic rings. The second-order valence-corrected chi connectivity index (χ2v) is 9.26. The molecule has 0 radical (unpaired) electrons. The Bertz CT molecular complexity index is 887. The molecule has 7 nitrogen and oxygen atoms in total. The Labute approximate surface area is 184 Å². The number of carbonyl (C=O) groups is 2. The van der Waals surface area contributed by atoms with Crippen LogP contribution in [0, 0.1) is 16.7 Å². The molecule has 1 saturated carbocycles. The predicted octanol–water partition coefficient (Wildman–Crippen LogP) is 3.03. The van der Waals surface area contributed by atoms with Crippen LogP contribution in [-0.4, -0.2) is 53.6 Å². The fourth-order valence-corrected chi connectivity index (χ4v) is 5.51. The van der Waals surface area contributed by atoms with Gasteiger partial charge in [0.15, 0.2) is 0 Å². The Hall–Kier alpha value is -2.59. The fourth-order valence-electron chi connectivity index (χ4n) is 5.51. The summed E-state index contributed by atoms with van der Waals surface area (Å²) in [5.41, 5.74) is 1.61. The molecule has 31 heavy (non-hydrogen) atoms. The van der Waals surface area contributed by atoms with Crippen molar-refractivity contribution in [2.75, 3.05) is 29.9 Å². The molecule has 2 aliphatic heterocycles. The van der Waals surface area contributed by atoms with E-state index in [9.17, 15) is 20.0 Å². The van der Waals surface area contributed by atoms with Crippen LogP contribution in [0.25, 0.3) is 0 Å². The van der Waals surface area contributed by atoms with Crippen LogP contribution in [-0.2, 0) is 9.59 Å². The van der Waals surface area contributed by atoms with Gasteiger partial charge < -0.3 is 20.2 Å². The number of hydrogen-bond acceptors (Lipinski definition) is 5. The van der Waals surface area contributed by atoms with Gasteiger partial charge in [-0.2, -0.15) is 5.26 Å². The highest BCUT2D eigenvalue weighted by Gasteiger charge is 2.50. The van der Waals surface area contributed by atoms with Gasteiger partial charge in [-0.05, 0) is 63.1 Å². The minimum Gasteiger partial charge on any atom is -0.393 e. The number of aliphatic hydroxyl groups excluding tert-OH is 1. The van der Waals surface area contributed by atoms with Crippen LogP contribution in [0.2, 0.25) is 0 Å². The molecule has 0 bridgehead atoms. The van der Waals surface area contributed by atoms with Gasteiger partial charge in [-0.25, -0.2) is 0 Å². The van der Waals surface area contributed by atoms with Crippen LogP contribution in [0.5, 0.6) is 0 Å². The molecule has 2 heterocycles. The van der Waals surface area contributed by atoms with E-state index >= 15 is 0 Å². The van der Waals surface area contributed by atoms with Crippen LogP contribution in [0.4, 0.5) is 11.4 Å². The monoisotopic (exact) mass is 424 g/mol. The summed E-state index contributed by atoms with van der Waals surface area (Å²) in [5, 5.41) is 22.3. The molecule has 1 aromatic carbocycles. The van der Waals surface area contributed by atoms with Crippen molar-refractivity contribution in [3.63, 3.8) is 0 Å². The first-order chi connectivity index (χ1) is 15.0. The van der Waals surface area contributed by atoms with E-state index in [-0.39, 0.29) is 29.4 Å². The van der Waals surface area contributed by atoms with Crippen molar-refractivity contribution in [3.8, 4) is 6.07 Å². The molecule has 1 spiro atoms. The van der Waals surface area contributed by atoms with Gasteiger partial charge in [-0.1, -0.05) is 6.92 Å². The maximum absolute atomic E-state index is 13.5. The van der Waals surface area contributed by atoms with Crippen molar-refractivity contribution < 1.29 is 14.7 Å². The molecule has 4 rings (SSSR count). The molecule has 0 aromatic heterocycles. The van der Waals surface area contributed by atoms with Crippen molar-refractivity contribution in [1.82, 2.24) is 4.90 Å². The highest BCUT2D eigenvalue weighted by molar-refractivity contribution is 5.91. The molecular weight excluding hydrogens is 392 g/mol. The topological polar surface area (TPSA) is 96.7 Å². The summed E-state index contributed by atoms with van der Waals surface area (Å²) in [6.07, 6.45) is 6.16. The molecule has 2 N–H and O–H groups in total. The Morgan fingerprint density at radius 2 is 2.03 bits per heavy atom. The summed E-state index contributed by atoms with van der Waals surface area (Å²) < 4.78 is 0. The average Bonchev–Trinajstić information content (AvgIpc) is 3.09. The van der Waals surface area contributed by atoms with Crippen molar-refractivity contribution >= 4 is 23.2 Å². The summed E-state index contributed by atoms with van der Waals surface area (Å²) in [6.45, 7) is 4.03. The van der Waals surface area contributed by atoms with Crippen molar-refractivity contribution in [2.24, 2.45) is 5.41 Å². The Morgan fingerprint density at radius 1 is 1.26 bits per heavy atom. The third kappa shape index (κ3) is 4.27. The molecule has 1 aliphatic carbocycles. The third-order valence-electron chi connectivity index (χ3n) is 7.29. The molecule has 2 amide bonds. The lowest BCUT2D eigenvalue weighted by molar-refractivity contribution is -0.139. The lowest BCUT2D eigenvalue weighted by Gasteiger charge is -2.41. The number of amides is 2. The van der Waals surface area contributed by atoms with Crippen molar-refractivity contribution in [1.29, 1.82) is 5.26 Å². The van der Waals surface area contributed by atoms with E-state index in [0.29, 0.717) is 24.2 Å². The normalized spacial score (nSPS) is 28.6. The molecular formula is C24H32N4O3. The molecule has 3 fully saturated rings. The number of nitrogens with one attached hydrogen (secondary N) is 1. The quantitative estimate of drug-likeness (QED) is 0.774. The number of likely N-dealkylation sites (tertiary alicyclic amines) is 1. The minimum absolute atomic E-state index is 0.0829. The summed E-state index contributed by atoms with van der Waals surface area (Å²) in [5.74, 6) is 0.171. The van der Waals surface area contributed by atoms with Gasteiger partial charge in [0.1, 0.15) is 6.07 Å². The van der Waals surface area contributed by atoms with E-state index < -0.39 is 0 Å². The number of anilines is 2. The molecule has 0 unspecified atom stereocenters. The first kappa shape index (κ1) is 21.6. The van der Waals surface area contributed by atoms with Gasteiger partial charge in [-0.3, -0.25) is 9.59 Å². The zero-order valence-electron chi connectivity index (χ0n) is 18.3. The Kier molecular flexibility index (Phi) is 6.19. The number of carbonyl (C=O) groups excluding carboxylic acids is 2. The van der Waals surface area contributed by atoms with E-state index in [0.717, 1.165) is 63.7 Å². The first-order valence-electron chi connectivity index (χ1n) is 11.5. The lowest BCUT2D eigenvalue weighted by atomic mass is 9.78. The molecule has 166 valence electrons. The summed E-state index contributed by atoms with van der Waals surface area (Å²) >= 11 is 0. The van der Waals surface area contributed by atoms with E-state index in [2.05, 4.69) is 21.2 Å². The Morgan fingerprint density at radius 3 is 2.74 bits per heavy atom. The van der Waals surface area contributed by atoms with Gasteiger partial charge in [0.25, 0.3) is 0 Å². The zero-order valence-corrected chi connectivity index (χ0v) is 18.3. The SMILES string of the molecule is CCC(=O)Nc1ccc(N2CCC[C@]3(CCN(C4CCC(O)CC4)C3=O)C2)c(C#N)c1. The standard InChI is InChI=1S/C24H32N4O3/c1-2-22(30)26-18-4-9-21(17(14-18)15-25)27-12-3-10-24(16-27)11-13-28(23(24)31)19-5-7-20(29)8-6-19/h4,9,14,19-20,29H,2-3,5-8,10-13,16H2,1H3,(H,26,30)/t19?,20?,24-/m0/s1. The van der Waals surface area contributed by atoms with Crippen LogP contribution in [0.15, 0.2) is 18.2 Å². The smallest absolute Gasteiger partial charge is 0.230 e. The second-order valence-electron chi connectivity index (χ2n) is 9.26. The van der Waals surface area contributed by atoms with Gasteiger partial charge in [-0.15, -0.1) is 0 Å². The number of benzene rings is 1. The average molecular weight is 425 g/mol. The molecule has 2 saturated heterocycles.